The van der Waals surface area contributed by atoms with Crippen molar-refractivity contribution in [3.05, 3.63) is 140 Å². The lowest BCUT2D eigenvalue weighted by Crippen LogP contribution is -3.00. The van der Waals surface area contributed by atoms with Gasteiger partial charge >= 0.3 is 5.97 Å². The summed E-state index contributed by atoms with van der Waals surface area (Å²) in [6.07, 6.45) is 24.3. The smallest absolute Gasteiger partial charge is 0.303 e. The molecule has 3 aromatic carbocycles. The molecule has 3 rings (SSSR count). The van der Waals surface area contributed by atoms with Crippen LogP contribution in [0.25, 0.3) is 0 Å². The molecule has 0 saturated heterocycles. The van der Waals surface area contributed by atoms with Crippen LogP contribution in [-0.4, -0.2) is 17.2 Å². The second kappa shape index (κ2) is 19.1. The summed E-state index contributed by atoms with van der Waals surface area (Å²) in [7, 11) is -1.75. The third-order valence-electron chi connectivity index (χ3n) is 6.47. The van der Waals surface area contributed by atoms with E-state index < -0.39 is 13.2 Å². The highest BCUT2D eigenvalue weighted by molar-refractivity contribution is 7.95. The van der Waals surface area contributed by atoms with Gasteiger partial charge in [0.2, 0.25) is 0 Å². The predicted molar refractivity (Wildman–Crippen MR) is 167 cm³/mol. The number of halogens is 1. The van der Waals surface area contributed by atoms with Crippen molar-refractivity contribution in [1.29, 1.82) is 0 Å². The van der Waals surface area contributed by atoms with Crippen molar-refractivity contribution in [3.63, 3.8) is 0 Å². The van der Waals surface area contributed by atoms with Gasteiger partial charge < -0.3 is 22.1 Å². The molecule has 0 unspecified atom stereocenters. The monoisotopic (exact) mass is 602 g/mol. The molecule has 0 radical (unpaired) electrons. The molecule has 0 atom stereocenters. The summed E-state index contributed by atoms with van der Waals surface area (Å²) >= 11 is 0. The van der Waals surface area contributed by atoms with Crippen LogP contribution in [0.1, 0.15) is 44.9 Å². The Morgan fingerprint density at radius 2 is 0.923 bits per heavy atom. The van der Waals surface area contributed by atoms with Crippen LogP contribution in [-0.2, 0) is 4.79 Å². The number of hydrogen-bond donors (Lipinski definition) is 1. The van der Waals surface area contributed by atoms with Crippen LogP contribution < -0.4 is 32.9 Å². The molecule has 0 amide bonds. The van der Waals surface area contributed by atoms with Crippen molar-refractivity contribution < 1.29 is 26.9 Å². The molecule has 39 heavy (non-hydrogen) atoms. The lowest BCUT2D eigenvalue weighted by Gasteiger charge is -2.27. The normalized spacial score (nSPS) is 12.0. The number of allylic oxidation sites excluding steroid dienone is 8. The Morgan fingerprint density at radius 3 is 1.31 bits per heavy atom. The minimum atomic E-state index is -1.75. The van der Waals surface area contributed by atoms with E-state index in [1.165, 1.54) is 15.9 Å². The molecule has 2 nitrogen and oxygen atoms in total. The van der Waals surface area contributed by atoms with E-state index in [1.54, 1.807) is 0 Å². The third kappa shape index (κ3) is 10.9. The Labute approximate surface area is 246 Å². The molecule has 0 saturated carbocycles. The fourth-order valence-electron chi connectivity index (χ4n) is 4.57. The molecule has 0 bridgehead atoms. The second-order valence-corrected chi connectivity index (χ2v) is 12.8. The number of rotatable bonds is 16. The molecule has 0 aliphatic heterocycles. The van der Waals surface area contributed by atoms with E-state index in [9.17, 15) is 4.79 Å². The molecule has 0 fully saturated rings. The van der Waals surface area contributed by atoms with Gasteiger partial charge in [-0.3, -0.25) is 4.79 Å². The lowest BCUT2D eigenvalue weighted by atomic mass is 10.2. The summed E-state index contributed by atoms with van der Waals surface area (Å²) in [4.78, 5) is 10.5. The van der Waals surface area contributed by atoms with Crippen LogP contribution in [0.15, 0.2) is 140 Å². The van der Waals surface area contributed by atoms with E-state index in [4.69, 9.17) is 5.11 Å². The topological polar surface area (TPSA) is 37.3 Å². The SMILES string of the molecule is O=C(O)CCC/C=C/C/C=C/C/C=C\C/C=C/CC[P+](c1ccccc1)(c1ccccc1)c1ccccc1.[Br-]. The van der Waals surface area contributed by atoms with Crippen LogP contribution in [0, 0.1) is 0 Å². The van der Waals surface area contributed by atoms with Crippen LogP contribution in [0.5, 0.6) is 0 Å². The van der Waals surface area contributed by atoms with Gasteiger partial charge in [-0.15, -0.1) is 0 Å². The van der Waals surface area contributed by atoms with Gasteiger partial charge in [-0.1, -0.05) is 103 Å². The molecule has 1 N–H and O–H groups in total. The van der Waals surface area contributed by atoms with Gasteiger partial charge in [-0.25, -0.2) is 0 Å². The quantitative estimate of drug-likeness (QED) is 0.142. The first-order valence-electron chi connectivity index (χ1n) is 13.6. The predicted octanol–water partition coefficient (Wildman–Crippen LogP) is 5.02. The maximum atomic E-state index is 10.5. The molecule has 0 aromatic heterocycles. The zero-order chi connectivity index (χ0) is 26.7. The molecule has 0 spiro atoms. The summed E-state index contributed by atoms with van der Waals surface area (Å²) in [5.41, 5.74) is 0. The average Bonchev–Trinajstić information content (AvgIpc) is 2.96. The number of unbranched alkanes of at least 4 members (excludes halogenated alkanes) is 1. The van der Waals surface area contributed by atoms with E-state index in [0.29, 0.717) is 6.42 Å². The zero-order valence-corrected chi connectivity index (χ0v) is 25.1. The van der Waals surface area contributed by atoms with Gasteiger partial charge in [0.25, 0.3) is 0 Å². The molecule has 3 aromatic rings. The fraction of sp³-hybridized carbons (Fsp3) is 0.229. The van der Waals surface area contributed by atoms with E-state index in [-0.39, 0.29) is 23.4 Å². The number of benzene rings is 3. The zero-order valence-electron chi connectivity index (χ0n) is 22.6. The van der Waals surface area contributed by atoms with Crippen molar-refractivity contribution in [1.82, 2.24) is 0 Å². The molecule has 0 aliphatic carbocycles. The molecule has 0 aliphatic rings. The number of aliphatic carboxylic acids is 1. The summed E-state index contributed by atoms with van der Waals surface area (Å²) in [5, 5.41) is 12.9. The van der Waals surface area contributed by atoms with Crippen molar-refractivity contribution in [2.45, 2.75) is 44.9 Å². The van der Waals surface area contributed by atoms with Gasteiger partial charge in [-0.2, -0.15) is 0 Å². The second-order valence-electron chi connectivity index (χ2n) is 9.21. The number of carboxylic acid groups (broad SMARTS) is 1. The fourth-order valence-corrected chi connectivity index (χ4v) is 8.82. The first kappa shape index (κ1) is 32.2. The van der Waals surface area contributed by atoms with Crippen molar-refractivity contribution in [2.24, 2.45) is 0 Å². The van der Waals surface area contributed by atoms with Gasteiger partial charge in [0.15, 0.2) is 0 Å². The van der Waals surface area contributed by atoms with Crippen LogP contribution in [0.2, 0.25) is 0 Å². The summed E-state index contributed by atoms with van der Waals surface area (Å²) in [6.45, 7) is 0. The molecule has 4 heteroatoms. The highest BCUT2D eigenvalue weighted by atomic mass is 79.9. The average molecular weight is 604 g/mol. The standard InChI is InChI=1S/C35H39O2P.BrH/c36-35(37)30-22-11-9-7-5-3-1-2-4-6-8-10-12-23-31-38(32-24-16-13-17-25-32,33-26-18-14-19-27-33)34-28-20-15-21-29-34;/h1,3-4,6-7,9-10,12-21,24-29H,2,5,8,11,22-23,30-31H2;1H/b3-1+,6-4-,9-7+,12-10+;. The molecule has 204 valence electrons. The van der Waals surface area contributed by atoms with E-state index in [1.807, 2.05) is 0 Å². The third-order valence-corrected chi connectivity index (χ3v) is 10.9. The first-order chi connectivity index (χ1) is 18.7. The van der Waals surface area contributed by atoms with E-state index in [0.717, 1.165) is 38.3 Å². The summed E-state index contributed by atoms with van der Waals surface area (Å²) in [5.74, 6) is -0.721. The van der Waals surface area contributed by atoms with Gasteiger partial charge in [-0.05, 0) is 68.5 Å². The maximum absolute atomic E-state index is 10.5. The maximum Gasteiger partial charge on any atom is 0.303 e. The molecule has 0 heterocycles. The minimum Gasteiger partial charge on any atom is -1.00 e. The Balaban J connectivity index is 0.00000533. The Morgan fingerprint density at radius 1 is 0.564 bits per heavy atom. The Hall–Kier alpha value is -3.00. The Kier molecular flexibility index (Phi) is 15.8. The van der Waals surface area contributed by atoms with Gasteiger partial charge in [0.1, 0.15) is 23.2 Å². The lowest BCUT2D eigenvalue weighted by molar-refractivity contribution is -0.137. The molecular weight excluding hydrogens is 563 g/mol. The largest absolute Gasteiger partial charge is 1.00 e. The van der Waals surface area contributed by atoms with Crippen LogP contribution in [0.4, 0.5) is 0 Å². The number of carbonyl (C=O) groups is 1. The Bertz CT molecular complexity index is 1090. The summed E-state index contributed by atoms with van der Waals surface area (Å²) in [6, 6.07) is 33.2. The highest BCUT2D eigenvalue weighted by Gasteiger charge is 2.44. The number of carboxylic acids is 1. The minimum absolute atomic E-state index is 0. The first-order valence-corrected chi connectivity index (χ1v) is 15.6. The van der Waals surface area contributed by atoms with Crippen LogP contribution in [0.3, 0.4) is 0 Å². The van der Waals surface area contributed by atoms with Gasteiger partial charge in [0, 0.05) is 12.8 Å². The van der Waals surface area contributed by atoms with Gasteiger partial charge in [0.05, 0.1) is 6.16 Å². The van der Waals surface area contributed by atoms with Crippen LogP contribution >= 0.6 is 7.26 Å². The van der Waals surface area contributed by atoms with Crippen molar-refractivity contribution in [2.75, 3.05) is 6.16 Å². The molecular formula is C35H40BrO2P. The van der Waals surface area contributed by atoms with Crippen molar-refractivity contribution in [3.8, 4) is 0 Å². The van der Waals surface area contributed by atoms with E-state index >= 15 is 0 Å². The highest BCUT2D eigenvalue weighted by Crippen LogP contribution is 2.55. The summed E-state index contributed by atoms with van der Waals surface area (Å²) < 4.78 is 0. The number of hydrogen-bond acceptors (Lipinski definition) is 1. The van der Waals surface area contributed by atoms with E-state index in [2.05, 4.69) is 140 Å². The van der Waals surface area contributed by atoms with Crippen molar-refractivity contribution >= 4 is 29.1 Å².